The van der Waals surface area contributed by atoms with Gasteiger partial charge in [0.25, 0.3) is 0 Å². The predicted molar refractivity (Wildman–Crippen MR) is 128 cm³/mol. The second kappa shape index (κ2) is 8.05. The van der Waals surface area contributed by atoms with E-state index in [1.807, 2.05) is 12.3 Å². The monoisotopic (exact) mass is 420 g/mol. The van der Waals surface area contributed by atoms with Crippen LogP contribution in [0.5, 0.6) is 0 Å². The third-order valence-corrected chi connectivity index (χ3v) is 6.06. The molecular formula is C26H24N6. The van der Waals surface area contributed by atoms with Crippen LogP contribution in [0, 0.1) is 0 Å². The number of anilines is 1. The van der Waals surface area contributed by atoms with Crippen LogP contribution in [0.4, 0.5) is 5.82 Å². The summed E-state index contributed by atoms with van der Waals surface area (Å²) in [4.78, 5) is 16.9. The Hall–Kier alpha value is -3.77. The summed E-state index contributed by atoms with van der Waals surface area (Å²) < 4.78 is 2.12. The lowest BCUT2D eigenvalue weighted by Gasteiger charge is -2.25. The number of hydrogen-bond donors (Lipinski definition) is 1. The van der Waals surface area contributed by atoms with Gasteiger partial charge in [0.05, 0.1) is 18.5 Å². The first-order valence-corrected chi connectivity index (χ1v) is 11.0. The Labute approximate surface area is 187 Å². The summed E-state index contributed by atoms with van der Waals surface area (Å²) in [5.41, 5.74) is 7.41. The number of nitrogens with zero attached hydrogens (tertiary/aromatic N) is 5. The number of nitrogens with one attached hydrogen (secondary N) is 1. The van der Waals surface area contributed by atoms with Crippen molar-refractivity contribution >= 4 is 22.7 Å². The van der Waals surface area contributed by atoms with Crippen molar-refractivity contribution in [3.05, 3.63) is 102 Å². The van der Waals surface area contributed by atoms with E-state index in [0.717, 1.165) is 66.9 Å². The minimum absolute atomic E-state index is 0.761. The highest BCUT2D eigenvalue weighted by atomic mass is 15.2. The van der Waals surface area contributed by atoms with E-state index < -0.39 is 0 Å². The molecule has 0 saturated carbocycles. The van der Waals surface area contributed by atoms with Crippen LogP contribution in [-0.4, -0.2) is 51.2 Å². The molecule has 6 rings (SSSR count). The average Bonchev–Trinajstić information content (AvgIpc) is 3.30. The first-order chi connectivity index (χ1) is 15.8. The molecule has 4 heterocycles. The fourth-order valence-electron chi connectivity index (χ4n) is 4.49. The zero-order chi connectivity index (χ0) is 21.3. The van der Waals surface area contributed by atoms with Gasteiger partial charge in [-0.05, 0) is 11.1 Å². The SMILES string of the molecule is C1=C(c2ccccc2)c2ncc3nc(C4=NCCN(Cc5ccccc5)C4)cn3c2NC1. The van der Waals surface area contributed by atoms with Crippen molar-refractivity contribution in [3.63, 3.8) is 0 Å². The number of aliphatic imine (C=N–C) groups is 1. The third kappa shape index (κ3) is 3.48. The zero-order valence-electron chi connectivity index (χ0n) is 17.8. The van der Waals surface area contributed by atoms with E-state index in [1.165, 1.54) is 11.1 Å². The van der Waals surface area contributed by atoms with E-state index in [9.17, 15) is 0 Å². The van der Waals surface area contributed by atoms with Gasteiger partial charge < -0.3 is 5.32 Å². The summed E-state index contributed by atoms with van der Waals surface area (Å²) in [5, 5.41) is 3.50. The average molecular weight is 421 g/mol. The number of imidazole rings is 1. The molecule has 0 aliphatic carbocycles. The van der Waals surface area contributed by atoms with Crippen LogP contribution >= 0.6 is 0 Å². The summed E-state index contributed by atoms with van der Waals surface area (Å²) >= 11 is 0. The van der Waals surface area contributed by atoms with Gasteiger partial charge in [-0.1, -0.05) is 66.7 Å². The lowest BCUT2D eigenvalue weighted by Crippen LogP contribution is -2.36. The van der Waals surface area contributed by atoms with Gasteiger partial charge in [0.15, 0.2) is 5.65 Å². The van der Waals surface area contributed by atoms with E-state index in [-0.39, 0.29) is 0 Å². The molecule has 32 heavy (non-hydrogen) atoms. The molecule has 2 aliphatic rings. The van der Waals surface area contributed by atoms with Crippen molar-refractivity contribution < 1.29 is 0 Å². The predicted octanol–water partition coefficient (Wildman–Crippen LogP) is 3.89. The Morgan fingerprint density at radius 1 is 0.969 bits per heavy atom. The minimum Gasteiger partial charge on any atom is -0.366 e. The van der Waals surface area contributed by atoms with Crippen molar-refractivity contribution in [2.45, 2.75) is 6.54 Å². The van der Waals surface area contributed by atoms with Crippen LogP contribution in [0.3, 0.4) is 0 Å². The van der Waals surface area contributed by atoms with Crippen LogP contribution in [0.1, 0.15) is 22.5 Å². The second-order valence-corrected chi connectivity index (χ2v) is 8.20. The molecular weight excluding hydrogens is 396 g/mol. The van der Waals surface area contributed by atoms with E-state index in [1.54, 1.807) is 0 Å². The Balaban J connectivity index is 1.31. The molecule has 0 spiro atoms. The first kappa shape index (κ1) is 19.0. The first-order valence-electron chi connectivity index (χ1n) is 11.0. The highest BCUT2D eigenvalue weighted by Crippen LogP contribution is 2.31. The molecule has 2 aromatic carbocycles. The Morgan fingerprint density at radius 3 is 2.62 bits per heavy atom. The molecule has 4 aromatic rings. The normalized spacial score (nSPS) is 16.2. The molecule has 0 saturated heterocycles. The van der Waals surface area contributed by atoms with Gasteiger partial charge in [0.2, 0.25) is 0 Å². The number of aromatic nitrogens is 3. The highest BCUT2D eigenvalue weighted by molar-refractivity contribution is 6.01. The number of benzene rings is 2. The Morgan fingerprint density at radius 2 is 1.78 bits per heavy atom. The summed E-state index contributed by atoms with van der Waals surface area (Å²) in [6.07, 6.45) is 6.15. The molecule has 6 heteroatoms. The standard InChI is InChI=1S/C26H24N6/c1-3-7-19(8-4-1)16-31-14-13-27-22(17-31)23-18-32-24(30-23)15-29-25-21(11-12-28-26(25)32)20-9-5-2-6-10-20/h1-11,15,18,28H,12-14,16-17H2. The Kier molecular flexibility index (Phi) is 4.77. The van der Waals surface area contributed by atoms with Gasteiger partial charge >= 0.3 is 0 Å². The van der Waals surface area contributed by atoms with E-state index in [4.69, 9.17) is 15.0 Å². The molecule has 0 unspecified atom stereocenters. The molecule has 0 radical (unpaired) electrons. The van der Waals surface area contributed by atoms with E-state index >= 15 is 0 Å². The molecule has 2 aromatic heterocycles. The minimum atomic E-state index is 0.761. The molecule has 158 valence electrons. The largest absolute Gasteiger partial charge is 0.366 e. The quantitative estimate of drug-likeness (QED) is 0.544. The number of rotatable bonds is 4. The van der Waals surface area contributed by atoms with E-state index in [2.05, 4.69) is 81.5 Å². The van der Waals surface area contributed by atoms with Gasteiger partial charge in [0.1, 0.15) is 17.2 Å². The lowest BCUT2D eigenvalue weighted by atomic mass is 10.00. The topological polar surface area (TPSA) is 57.8 Å². The Bertz CT molecular complexity index is 1320. The fourth-order valence-corrected chi connectivity index (χ4v) is 4.49. The van der Waals surface area contributed by atoms with Crippen molar-refractivity contribution in [3.8, 4) is 0 Å². The second-order valence-electron chi connectivity index (χ2n) is 8.20. The van der Waals surface area contributed by atoms with Gasteiger partial charge in [0, 0.05) is 37.9 Å². The van der Waals surface area contributed by atoms with Crippen molar-refractivity contribution in [1.29, 1.82) is 0 Å². The fraction of sp³-hybridized carbons (Fsp3) is 0.192. The van der Waals surface area contributed by atoms with Gasteiger partial charge in [-0.2, -0.15) is 0 Å². The smallest absolute Gasteiger partial charge is 0.157 e. The maximum absolute atomic E-state index is 4.87. The van der Waals surface area contributed by atoms with E-state index in [0.29, 0.717) is 0 Å². The highest BCUT2D eigenvalue weighted by Gasteiger charge is 2.22. The molecule has 0 atom stereocenters. The summed E-state index contributed by atoms with van der Waals surface area (Å²) in [6, 6.07) is 21.0. The third-order valence-electron chi connectivity index (χ3n) is 6.06. The molecule has 0 bridgehead atoms. The van der Waals surface area contributed by atoms with Gasteiger partial charge in [-0.3, -0.25) is 14.3 Å². The van der Waals surface area contributed by atoms with Crippen molar-refractivity contribution in [2.75, 3.05) is 31.5 Å². The van der Waals surface area contributed by atoms with Crippen LogP contribution in [0.2, 0.25) is 0 Å². The summed E-state index contributed by atoms with van der Waals surface area (Å²) in [7, 11) is 0. The maximum atomic E-state index is 4.87. The molecule has 6 nitrogen and oxygen atoms in total. The van der Waals surface area contributed by atoms with Gasteiger partial charge in [-0.15, -0.1) is 0 Å². The number of hydrogen-bond acceptors (Lipinski definition) is 5. The lowest BCUT2D eigenvalue weighted by molar-refractivity contribution is 0.302. The van der Waals surface area contributed by atoms with Gasteiger partial charge in [-0.25, -0.2) is 9.97 Å². The van der Waals surface area contributed by atoms with Crippen molar-refractivity contribution in [2.24, 2.45) is 4.99 Å². The molecule has 1 N–H and O–H groups in total. The van der Waals surface area contributed by atoms with Crippen LogP contribution in [0.15, 0.2) is 84.1 Å². The maximum Gasteiger partial charge on any atom is 0.157 e. The molecule has 0 fully saturated rings. The van der Waals surface area contributed by atoms with Crippen LogP contribution in [0.25, 0.3) is 11.2 Å². The zero-order valence-corrected chi connectivity index (χ0v) is 17.8. The van der Waals surface area contributed by atoms with Crippen LogP contribution in [-0.2, 0) is 6.54 Å². The summed E-state index contributed by atoms with van der Waals surface area (Å²) in [6.45, 7) is 4.26. The van der Waals surface area contributed by atoms with Crippen molar-refractivity contribution in [1.82, 2.24) is 19.3 Å². The van der Waals surface area contributed by atoms with Crippen LogP contribution < -0.4 is 5.32 Å². The number of fused-ring (bicyclic) bond motifs is 3. The molecule has 0 amide bonds. The molecule has 2 aliphatic heterocycles. The summed E-state index contributed by atoms with van der Waals surface area (Å²) in [5.74, 6) is 0.986.